The molecule has 1 rings (SSSR count). The van der Waals surface area contributed by atoms with Crippen LogP contribution in [0.1, 0.15) is 13.8 Å². The van der Waals surface area contributed by atoms with E-state index in [0.717, 1.165) is 11.5 Å². The highest BCUT2D eigenvalue weighted by molar-refractivity contribution is 5.31. The average molecular weight is 205 g/mol. The van der Waals surface area contributed by atoms with Gasteiger partial charge in [-0.05, 0) is 38.1 Å². The third-order valence-corrected chi connectivity index (χ3v) is 1.96. The van der Waals surface area contributed by atoms with Crippen LogP contribution in [0, 0.1) is 16.7 Å². The average Bonchev–Trinajstić information content (AvgIpc) is 2.27. The van der Waals surface area contributed by atoms with Crippen molar-refractivity contribution in [2.24, 2.45) is 5.41 Å². The molecular formula is C12H15NO2. The van der Waals surface area contributed by atoms with E-state index in [1.165, 1.54) is 0 Å². The Morgan fingerprint density at radius 3 is 2.20 bits per heavy atom. The number of nitriles is 1. The standard InChI is InChI=1S/C12H15NO2/c1-12(2,8-13)9-15-11-6-4-10(14-3)5-7-11/h4-7H,9H2,1-3H3. The fourth-order valence-corrected chi connectivity index (χ4v) is 0.968. The fraction of sp³-hybridized carbons (Fsp3) is 0.417. The second kappa shape index (κ2) is 4.70. The van der Waals surface area contributed by atoms with E-state index in [2.05, 4.69) is 6.07 Å². The molecule has 0 saturated heterocycles. The van der Waals surface area contributed by atoms with Crippen LogP contribution in [0.3, 0.4) is 0 Å². The van der Waals surface area contributed by atoms with Crippen molar-refractivity contribution in [3.8, 4) is 17.6 Å². The summed E-state index contributed by atoms with van der Waals surface area (Å²) in [5.74, 6) is 1.54. The molecule has 0 atom stereocenters. The minimum Gasteiger partial charge on any atom is -0.497 e. The van der Waals surface area contributed by atoms with Gasteiger partial charge in [-0.15, -0.1) is 0 Å². The lowest BCUT2D eigenvalue weighted by molar-refractivity contribution is 0.227. The van der Waals surface area contributed by atoms with Gasteiger partial charge in [-0.1, -0.05) is 0 Å². The Morgan fingerprint density at radius 2 is 1.73 bits per heavy atom. The van der Waals surface area contributed by atoms with Crippen molar-refractivity contribution in [1.29, 1.82) is 5.26 Å². The summed E-state index contributed by atoms with van der Waals surface area (Å²) in [7, 11) is 1.62. The summed E-state index contributed by atoms with van der Waals surface area (Å²) >= 11 is 0. The third kappa shape index (κ3) is 3.51. The molecule has 0 aliphatic rings. The van der Waals surface area contributed by atoms with Gasteiger partial charge in [0, 0.05) is 0 Å². The van der Waals surface area contributed by atoms with E-state index in [1.54, 1.807) is 7.11 Å². The Morgan fingerprint density at radius 1 is 1.20 bits per heavy atom. The Bertz CT molecular complexity index is 349. The Hall–Kier alpha value is -1.69. The molecule has 80 valence electrons. The topological polar surface area (TPSA) is 42.2 Å². The molecular weight excluding hydrogens is 190 g/mol. The van der Waals surface area contributed by atoms with Crippen molar-refractivity contribution < 1.29 is 9.47 Å². The highest BCUT2D eigenvalue weighted by Crippen LogP contribution is 2.20. The van der Waals surface area contributed by atoms with Crippen molar-refractivity contribution in [3.63, 3.8) is 0 Å². The van der Waals surface area contributed by atoms with Crippen LogP contribution in [0.25, 0.3) is 0 Å². The molecule has 0 heterocycles. The van der Waals surface area contributed by atoms with Gasteiger partial charge in [0.05, 0.1) is 18.6 Å². The zero-order valence-electron chi connectivity index (χ0n) is 9.28. The van der Waals surface area contributed by atoms with Gasteiger partial charge in [0.15, 0.2) is 0 Å². The lowest BCUT2D eigenvalue weighted by Crippen LogP contribution is -2.18. The van der Waals surface area contributed by atoms with Crippen LogP contribution in [-0.2, 0) is 0 Å². The fourth-order valence-electron chi connectivity index (χ4n) is 0.968. The van der Waals surface area contributed by atoms with Gasteiger partial charge >= 0.3 is 0 Å². The molecule has 0 aliphatic heterocycles. The van der Waals surface area contributed by atoms with Crippen molar-refractivity contribution in [2.75, 3.05) is 13.7 Å². The van der Waals surface area contributed by atoms with Crippen LogP contribution >= 0.6 is 0 Å². The molecule has 1 aromatic carbocycles. The Kier molecular flexibility index (Phi) is 3.56. The number of rotatable bonds is 4. The number of ether oxygens (including phenoxy) is 2. The molecule has 0 aromatic heterocycles. The normalized spacial score (nSPS) is 10.5. The van der Waals surface area contributed by atoms with Gasteiger partial charge in [0.2, 0.25) is 0 Å². The highest BCUT2D eigenvalue weighted by atomic mass is 16.5. The van der Waals surface area contributed by atoms with E-state index < -0.39 is 5.41 Å². The van der Waals surface area contributed by atoms with Crippen LogP contribution in [0.4, 0.5) is 0 Å². The Balaban J connectivity index is 2.56. The predicted molar refractivity (Wildman–Crippen MR) is 57.9 cm³/mol. The summed E-state index contributed by atoms with van der Waals surface area (Å²) < 4.78 is 10.5. The predicted octanol–water partition coefficient (Wildman–Crippen LogP) is 2.62. The number of hydrogen-bond acceptors (Lipinski definition) is 3. The second-order valence-corrected chi connectivity index (χ2v) is 3.96. The Labute approximate surface area is 90.2 Å². The third-order valence-electron chi connectivity index (χ3n) is 1.96. The summed E-state index contributed by atoms with van der Waals surface area (Å²) in [5, 5.41) is 8.80. The van der Waals surface area contributed by atoms with Gasteiger partial charge in [-0.2, -0.15) is 5.26 Å². The van der Waals surface area contributed by atoms with Crippen LogP contribution in [0.5, 0.6) is 11.5 Å². The van der Waals surface area contributed by atoms with E-state index in [9.17, 15) is 0 Å². The minimum atomic E-state index is -0.458. The first-order valence-corrected chi connectivity index (χ1v) is 4.75. The van der Waals surface area contributed by atoms with Crippen LogP contribution in [-0.4, -0.2) is 13.7 Å². The van der Waals surface area contributed by atoms with E-state index in [1.807, 2.05) is 38.1 Å². The zero-order valence-corrected chi connectivity index (χ0v) is 9.28. The van der Waals surface area contributed by atoms with Crippen LogP contribution < -0.4 is 9.47 Å². The quantitative estimate of drug-likeness (QED) is 0.758. The van der Waals surface area contributed by atoms with E-state index in [-0.39, 0.29) is 0 Å². The van der Waals surface area contributed by atoms with Gasteiger partial charge in [-0.3, -0.25) is 0 Å². The van der Waals surface area contributed by atoms with Crippen LogP contribution in [0.2, 0.25) is 0 Å². The number of methoxy groups -OCH3 is 1. The molecule has 0 spiro atoms. The molecule has 0 unspecified atom stereocenters. The van der Waals surface area contributed by atoms with Crippen molar-refractivity contribution in [2.45, 2.75) is 13.8 Å². The molecule has 0 radical (unpaired) electrons. The van der Waals surface area contributed by atoms with Crippen molar-refractivity contribution in [1.82, 2.24) is 0 Å². The maximum atomic E-state index is 8.80. The first-order chi connectivity index (χ1) is 7.07. The van der Waals surface area contributed by atoms with E-state index in [0.29, 0.717) is 6.61 Å². The molecule has 3 heteroatoms. The first-order valence-electron chi connectivity index (χ1n) is 4.75. The van der Waals surface area contributed by atoms with Crippen molar-refractivity contribution >= 4 is 0 Å². The molecule has 0 bridgehead atoms. The van der Waals surface area contributed by atoms with Crippen LogP contribution in [0.15, 0.2) is 24.3 Å². The summed E-state index contributed by atoms with van der Waals surface area (Å²) in [6, 6.07) is 9.49. The highest BCUT2D eigenvalue weighted by Gasteiger charge is 2.17. The maximum absolute atomic E-state index is 8.80. The van der Waals surface area contributed by atoms with E-state index >= 15 is 0 Å². The lowest BCUT2D eigenvalue weighted by Gasteiger charge is -2.16. The first kappa shape index (κ1) is 11.4. The number of hydrogen-bond donors (Lipinski definition) is 0. The van der Waals surface area contributed by atoms with E-state index in [4.69, 9.17) is 14.7 Å². The lowest BCUT2D eigenvalue weighted by atomic mass is 9.98. The smallest absolute Gasteiger partial charge is 0.119 e. The molecule has 1 aromatic rings. The molecule has 0 saturated carbocycles. The molecule has 3 nitrogen and oxygen atoms in total. The molecule has 0 fully saturated rings. The van der Waals surface area contributed by atoms with Crippen molar-refractivity contribution in [3.05, 3.63) is 24.3 Å². The molecule has 0 N–H and O–H groups in total. The summed E-state index contributed by atoms with van der Waals surface area (Å²) in [5.41, 5.74) is -0.458. The summed E-state index contributed by atoms with van der Waals surface area (Å²) in [4.78, 5) is 0. The molecule has 0 aliphatic carbocycles. The monoisotopic (exact) mass is 205 g/mol. The number of nitrogens with zero attached hydrogens (tertiary/aromatic N) is 1. The second-order valence-electron chi connectivity index (χ2n) is 3.96. The number of benzene rings is 1. The molecule has 0 amide bonds. The minimum absolute atomic E-state index is 0.385. The summed E-state index contributed by atoms with van der Waals surface area (Å²) in [6.45, 7) is 4.07. The largest absolute Gasteiger partial charge is 0.497 e. The van der Waals surface area contributed by atoms with Gasteiger partial charge in [0.1, 0.15) is 18.1 Å². The van der Waals surface area contributed by atoms with Gasteiger partial charge < -0.3 is 9.47 Å². The summed E-state index contributed by atoms with van der Waals surface area (Å²) in [6.07, 6.45) is 0. The maximum Gasteiger partial charge on any atom is 0.119 e. The zero-order chi connectivity index (χ0) is 11.3. The van der Waals surface area contributed by atoms with Gasteiger partial charge in [-0.25, -0.2) is 0 Å². The van der Waals surface area contributed by atoms with Gasteiger partial charge in [0.25, 0.3) is 0 Å². The molecule has 15 heavy (non-hydrogen) atoms. The SMILES string of the molecule is COc1ccc(OCC(C)(C)C#N)cc1.